The molecule has 5 nitrogen and oxygen atoms in total. The lowest BCUT2D eigenvalue weighted by Crippen LogP contribution is -2.43. The van der Waals surface area contributed by atoms with Crippen molar-refractivity contribution in [2.45, 2.75) is 12.5 Å². The summed E-state index contributed by atoms with van der Waals surface area (Å²) in [5.41, 5.74) is 4.70. The third-order valence-electron chi connectivity index (χ3n) is 6.57. The lowest BCUT2D eigenvalue weighted by molar-refractivity contribution is 0.0162. The van der Waals surface area contributed by atoms with Gasteiger partial charge in [-0.2, -0.15) is 0 Å². The number of rotatable bonds is 5. The summed E-state index contributed by atoms with van der Waals surface area (Å²) in [5, 5.41) is 5.44. The van der Waals surface area contributed by atoms with Gasteiger partial charge in [-0.05, 0) is 46.5 Å². The normalized spacial score (nSPS) is 17.5. The Morgan fingerprint density at radius 1 is 1.00 bits per heavy atom. The van der Waals surface area contributed by atoms with E-state index in [2.05, 4.69) is 46.4 Å². The van der Waals surface area contributed by atoms with Crippen molar-refractivity contribution in [1.29, 1.82) is 0 Å². The summed E-state index contributed by atoms with van der Waals surface area (Å²) in [4.78, 5) is 17.7. The predicted octanol–water partition coefficient (Wildman–Crippen LogP) is 3.64. The zero-order chi connectivity index (χ0) is 21.2. The van der Waals surface area contributed by atoms with Gasteiger partial charge in [0.2, 0.25) is 0 Å². The van der Waals surface area contributed by atoms with E-state index in [9.17, 15) is 4.79 Å². The van der Waals surface area contributed by atoms with Gasteiger partial charge in [-0.15, -0.1) is 0 Å². The second-order valence-electron chi connectivity index (χ2n) is 8.50. The molecular formula is C26H29N3O2. The summed E-state index contributed by atoms with van der Waals surface area (Å²) in [6.45, 7) is 4.90. The van der Waals surface area contributed by atoms with E-state index in [-0.39, 0.29) is 11.9 Å². The molecule has 0 aliphatic carbocycles. The first-order valence-electron chi connectivity index (χ1n) is 11.1. The quantitative estimate of drug-likeness (QED) is 0.691. The number of carbonyl (C=O) groups excluding carboxylic acids is 1. The van der Waals surface area contributed by atoms with E-state index in [1.54, 1.807) is 0 Å². The van der Waals surface area contributed by atoms with E-state index in [1.807, 2.05) is 36.4 Å². The number of benzene rings is 3. The molecule has 0 radical (unpaired) electrons. The second kappa shape index (κ2) is 8.69. The fraction of sp³-hybridized carbons (Fsp3) is 0.346. The largest absolute Gasteiger partial charge is 0.379 e. The molecule has 1 N–H and O–H groups in total. The predicted molar refractivity (Wildman–Crippen MR) is 125 cm³/mol. The number of anilines is 1. The number of carbonyl (C=O) groups is 1. The fourth-order valence-electron chi connectivity index (χ4n) is 4.76. The van der Waals surface area contributed by atoms with Crippen LogP contribution in [0.2, 0.25) is 0 Å². The molecule has 3 aromatic rings. The molecule has 1 saturated heterocycles. The molecule has 31 heavy (non-hydrogen) atoms. The van der Waals surface area contributed by atoms with Crippen LogP contribution < -0.4 is 10.2 Å². The lowest BCUT2D eigenvalue weighted by Gasteiger charge is -2.35. The molecule has 1 amide bonds. The minimum Gasteiger partial charge on any atom is -0.379 e. The molecule has 2 aliphatic heterocycles. The molecule has 1 fully saturated rings. The molecular weight excluding hydrogens is 386 g/mol. The van der Waals surface area contributed by atoms with Crippen LogP contribution in [0.4, 0.5) is 5.69 Å². The van der Waals surface area contributed by atoms with Crippen LogP contribution in [0.5, 0.6) is 0 Å². The Morgan fingerprint density at radius 2 is 1.81 bits per heavy atom. The molecule has 5 rings (SSSR count). The summed E-state index contributed by atoms with van der Waals surface area (Å²) in [7, 11) is 2.15. The maximum atomic E-state index is 13.0. The molecule has 0 bridgehead atoms. The van der Waals surface area contributed by atoms with Crippen LogP contribution in [-0.2, 0) is 11.2 Å². The third-order valence-corrected chi connectivity index (χ3v) is 6.57. The summed E-state index contributed by atoms with van der Waals surface area (Å²) in [6.07, 6.45) is 1.08. The standard InChI is InChI=1S/C26H29N3O2/c1-28-11-10-22-17-21(8-9-24(22)28)25(29-12-14-31-15-13-29)18-27-26(30)23-7-6-19-4-2-3-5-20(19)16-23/h2-9,16-17,25H,10-15,18H2,1H3,(H,27,30). The van der Waals surface area contributed by atoms with E-state index >= 15 is 0 Å². The van der Waals surface area contributed by atoms with Crippen molar-refractivity contribution < 1.29 is 9.53 Å². The molecule has 0 aromatic heterocycles. The molecule has 5 heteroatoms. The number of ether oxygens (including phenoxy) is 1. The molecule has 160 valence electrons. The topological polar surface area (TPSA) is 44.8 Å². The Kier molecular flexibility index (Phi) is 5.62. The SMILES string of the molecule is CN1CCc2cc(C(CNC(=O)c3ccc4ccccc4c3)N3CCOCC3)ccc21. The highest BCUT2D eigenvalue weighted by molar-refractivity contribution is 5.98. The van der Waals surface area contributed by atoms with Gasteiger partial charge in [0.15, 0.2) is 0 Å². The monoisotopic (exact) mass is 415 g/mol. The Labute approximate surface area is 183 Å². The van der Waals surface area contributed by atoms with Gasteiger partial charge in [0.1, 0.15) is 0 Å². The lowest BCUT2D eigenvalue weighted by atomic mass is 10.00. The first kappa shape index (κ1) is 20.0. The van der Waals surface area contributed by atoms with Crippen molar-refractivity contribution in [2.75, 3.05) is 51.3 Å². The van der Waals surface area contributed by atoms with E-state index in [0.29, 0.717) is 12.1 Å². The van der Waals surface area contributed by atoms with E-state index in [0.717, 1.165) is 50.0 Å². The number of amides is 1. The van der Waals surface area contributed by atoms with Crippen LogP contribution >= 0.6 is 0 Å². The van der Waals surface area contributed by atoms with E-state index in [1.165, 1.54) is 16.8 Å². The van der Waals surface area contributed by atoms with Crippen molar-refractivity contribution in [3.8, 4) is 0 Å². The summed E-state index contributed by atoms with van der Waals surface area (Å²) in [5.74, 6) is -0.0232. The molecule has 1 unspecified atom stereocenters. The van der Waals surface area contributed by atoms with Crippen molar-refractivity contribution in [3.63, 3.8) is 0 Å². The first-order valence-corrected chi connectivity index (χ1v) is 11.1. The van der Waals surface area contributed by atoms with Gasteiger partial charge in [-0.3, -0.25) is 9.69 Å². The van der Waals surface area contributed by atoms with E-state index < -0.39 is 0 Å². The van der Waals surface area contributed by atoms with Crippen molar-refractivity contribution >= 4 is 22.4 Å². The average molecular weight is 416 g/mol. The zero-order valence-electron chi connectivity index (χ0n) is 18.0. The Hall–Kier alpha value is -2.89. The number of hydrogen-bond donors (Lipinski definition) is 1. The molecule has 2 aliphatic rings. The van der Waals surface area contributed by atoms with Gasteiger partial charge in [-0.25, -0.2) is 0 Å². The third kappa shape index (κ3) is 4.16. The Bertz CT molecular complexity index is 1090. The van der Waals surface area contributed by atoms with Crippen LogP contribution in [0.25, 0.3) is 10.8 Å². The molecule has 0 saturated carbocycles. The van der Waals surface area contributed by atoms with Crippen LogP contribution in [0.3, 0.4) is 0 Å². The fourth-order valence-corrected chi connectivity index (χ4v) is 4.76. The van der Waals surface area contributed by atoms with Gasteiger partial charge in [-0.1, -0.05) is 42.5 Å². The van der Waals surface area contributed by atoms with Gasteiger partial charge < -0.3 is 15.0 Å². The first-order chi connectivity index (χ1) is 15.2. The van der Waals surface area contributed by atoms with Crippen LogP contribution in [0.1, 0.15) is 27.5 Å². The Balaban J connectivity index is 1.36. The summed E-state index contributed by atoms with van der Waals surface area (Å²) in [6, 6.07) is 21.0. The number of likely N-dealkylation sites (N-methyl/N-ethyl adjacent to an activating group) is 1. The van der Waals surface area contributed by atoms with Crippen molar-refractivity contribution in [1.82, 2.24) is 10.2 Å². The molecule has 0 spiro atoms. The maximum absolute atomic E-state index is 13.0. The van der Waals surface area contributed by atoms with Crippen molar-refractivity contribution in [2.24, 2.45) is 0 Å². The highest BCUT2D eigenvalue weighted by atomic mass is 16.5. The molecule has 1 atom stereocenters. The molecule has 3 aromatic carbocycles. The number of morpholine rings is 1. The van der Waals surface area contributed by atoms with Gasteiger partial charge in [0.25, 0.3) is 5.91 Å². The summed E-state index contributed by atoms with van der Waals surface area (Å²) < 4.78 is 5.57. The highest BCUT2D eigenvalue weighted by Crippen LogP contribution is 2.31. The van der Waals surface area contributed by atoms with Gasteiger partial charge in [0.05, 0.1) is 19.3 Å². The smallest absolute Gasteiger partial charge is 0.251 e. The number of hydrogen-bond acceptors (Lipinski definition) is 4. The number of nitrogens with one attached hydrogen (secondary N) is 1. The van der Waals surface area contributed by atoms with Crippen LogP contribution in [-0.4, -0.2) is 57.2 Å². The average Bonchev–Trinajstić information content (AvgIpc) is 3.19. The van der Waals surface area contributed by atoms with Crippen LogP contribution in [0, 0.1) is 0 Å². The minimum atomic E-state index is -0.0232. The van der Waals surface area contributed by atoms with Crippen molar-refractivity contribution in [3.05, 3.63) is 77.4 Å². The van der Waals surface area contributed by atoms with E-state index in [4.69, 9.17) is 4.74 Å². The highest BCUT2D eigenvalue weighted by Gasteiger charge is 2.25. The summed E-state index contributed by atoms with van der Waals surface area (Å²) >= 11 is 0. The Morgan fingerprint density at radius 3 is 2.65 bits per heavy atom. The van der Waals surface area contributed by atoms with Gasteiger partial charge >= 0.3 is 0 Å². The molecule has 2 heterocycles. The zero-order valence-corrected chi connectivity index (χ0v) is 18.0. The number of fused-ring (bicyclic) bond motifs is 2. The van der Waals surface area contributed by atoms with Crippen LogP contribution in [0.15, 0.2) is 60.7 Å². The maximum Gasteiger partial charge on any atom is 0.251 e. The second-order valence-corrected chi connectivity index (χ2v) is 8.50. The minimum absolute atomic E-state index is 0.0232. The number of nitrogens with zero attached hydrogens (tertiary/aromatic N) is 2. The van der Waals surface area contributed by atoms with Gasteiger partial charge in [0, 0.05) is 44.5 Å².